The minimum absolute atomic E-state index is 0.0893. The first-order valence-electron chi connectivity index (χ1n) is 8.73. The summed E-state index contributed by atoms with van der Waals surface area (Å²) >= 11 is 0. The number of nitrogens with one attached hydrogen (secondary N) is 1. The molecule has 1 atom stereocenters. The Bertz CT molecular complexity index is 305. The molecule has 0 radical (unpaired) electrons. The molecule has 0 aliphatic heterocycles. The molecule has 21 heavy (non-hydrogen) atoms. The van der Waals surface area contributed by atoms with Crippen molar-refractivity contribution in [1.82, 2.24) is 10.2 Å². The van der Waals surface area contributed by atoms with E-state index in [2.05, 4.69) is 24.1 Å². The summed E-state index contributed by atoms with van der Waals surface area (Å²) in [6, 6.07) is 0.516. The fourth-order valence-electron chi connectivity index (χ4n) is 2.67. The first kappa shape index (κ1) is 18.4. The van der Waals surface area contributed by atoms with Crippen LogP contribution in [-0.2, 0) is 9.53 Å². The fourth-order valence-corrected chi connectivity index (χ4v) is 2.67. The van der Waals surface area contributed by atoms with Crippen molar-refractivity contribution in [3.05, 3.63) is 0 Å². The fraction of sp³-hybridized carbons (Fsp3) is 0.941. The van der Waals surface area contributed by atoms with Crippen molar-refractivity contribution in [3.8, 4) is 0 Å². The van der Waals surface area contributed by atoms with E-state index in [1.165, 1.54) is 32.2 Å². The van der Waals surface area contributed by atoms with Crippen LogP contribution >= 0.6 is 0 Å². The second-order valence-corrected chi connectivity index (χ2v) is 6.36. The number of nitrogens with zero attached hydrogens (tertiary/aromatic N) is 1. The van der Waals surface area contributed by atoms with Gasteiger partial charge in [0.2, 0.25) is 0 Å². The van der Waals surface area contributed by atoms with E-state index in [-0.39, 0.29) is 5.97 Å². The number of ether oxygens (including phenoxy) is 1. The van der Waals surface area contributed by atoms with Crippen LogP contribution in [0.15, 0.2) is 0 Å². The van der Waals surface area contributed by atoms with E-state index < -0.39 is 5.54 Å². The SMILES string of the molecule is CCCCN(CC)CCCC(C)(NC1CC1)C(=O)OCC. The van der Waals surface area contributed by atoms with E-state index in [1.807, 2.05) is 13.8 Å². The maximum absolute atomic E-state index is 12.2. The number of unbranched alkanes of at least 4 members (excludes halogenated alkanes) is 1. The maximum Gasteiger partial charge on any atom is 0.326 e. The van der Waals surface area contributed by atoms with E-state index in [0.29, 0.717) is 12.6 Å². The van der Waals surface area contributed by atoms with Crippen LogP contribution in [0.4, 0.5) is 0 Å². The Labute approximate surface area is 130 Å². The molecule has 124 valence electrons. The van der Waals surface area contributed by atoms with Crippen LogP contribution in [0.2, 0.25) is 0 Å². The molecule has 1 rings (SSSR count). The Kier molecular flexibility index (Phi) is 8.27. The molecule has 0 aromatic carbocycles. The summed E-state index contributed by atoms with van der Waals surface area (Å²) in [5, 5.41) is 3.49. The topological polar surface area (TPSA) is 41.6 Å². The van der Waals surface area contributed by atoms with Crippen molar-refractivity contribution in [3.63, 3.8) is 0 Å². The number of esters is 1. The van der Waals surface area contributed by atoms with Gasteiger partial charge < -0.3 is 9.64 Å². The molecule has 0 bridgehead atoms. The minimum Gasteiger partial charge on any atom is -0.465 e. The Balaban J connectivity index is 2.42. The van der Waals surface area contributed by atoms with Gasteiger partial charge in [0.05, 0.1) is 6.61 Å². The molecule has 1 fully saturated rings. The molecule has 1 unspecified atom stereocenters. The van der Waals surface area contributed by atoms with Crippen LogP contribution in [0.3, 0.4) is 0 Å². The second-order valence-electron chi connectivity index (χ2n) is 6.36. The van der Waals surface area contributed by atoms with Crippen LogP contribution in [-0.4, -0.2) is 48.7 Å². The van der Waals surface area contributed by atoms with Gasteiger partial charge in [0.25, 0.3) is 0 Å². The highest BCUT2D eigenvalue weighted by molar-refractivity contribution is 5.80. The Morgan fingerprint density at radius 2 is 1.90 bits per heavy atom. The van der Waals surface area contributed by atoms with Crippen molar-refractivity contribution in [2.75, 3.05) is 26.2 Å². The minimum atomic E-state index is -0.513. The van der Waals surface area contributed by atoms with Gasteiger partial charge in [0.15, 0.2) is 0 Å². The summed E-state index contributed by atoms with van der Waals surface area (Å²) < 4.78 is 5.27. The lowest BCUT2D eigenvalue weighted by Crippen LogP contribution is -2.51. The van der Waals surface area contributed by atoms with Crippen LogP contribution < -0.4 is 5.32 Å². The number of hydrogen-bond donors (Lipinski definition) is 1. The second kappa shape index (κ2) is 9.42. The Morgan fingerprint density at radius 3 is 2.43 bits per heavy atom. The summed E-state index contributed by atoms with van der Waals surface area (Å²) in [6.07, 6.45) is 6.75. The number of carbonyl (C=O) groups is 1. The first-order chi connectivity index (χ1) is 10.1. The van der Waals surface area contributed by atoms with Crippen LogP contribution in [0.1, 0.15) is 66.2 Å². The monoisotopic (exact) mass is 298 g/mol. The van der Waals surface area contributed by atoms with Crippen LogP contribution in [0.25, 0.3) is 0 Å². The molecule has 0 aromatic heterocycles. The van der Waals surface area contributed by atoms with E-state index in [4.69, 9.17) is 4.74 Å². The third kappa shape index (κ3) is 6.79. The molecule has 0 spiro atoms. The van der Waals surface area contributed by atoms with E-state index in [0.717, 1.165) is 25.9 Å². The summed E-state index contributed by atoms with van der Waals surface area (Å²) in [5.41, 5.74) is -0.513. The Morgan fingerprint density at radius 1 is 1.24 bits per heavy atom. The van der Waals surface area contributed by atoms with Gasteiger partial charge >= 0.3 is 5.97 Å². The maximum atomic E-state index is 12.2. The number of rotatable bonds is 12. The van der Waals surface area contributed by atoms with Crippen molar-refractivity contribution in [1.29, 1.82) is 0 Å². The van der Waals surface area contributed by atoms with Crippen molar-refractivity contribution < 1.29 is 9.53 Å². The molecule has 1 aliphatic rings. The average Bonchev–Trinajstić information content (AvgIpc) is 3.26. The molecule has 0 aromatic rings. The molecule has 0 heterocycles. The summed E-state index contributed by atoms with van der Waals surface area (Å²) in [7, 11) is 0. The normalized spacial score (nSPS) is 17.8. The van der Waals surface area contributed by atoms with Gasteiger partial charge in [-0.1, -0.05) is 20.3 Å². The highest BCUT2D eigenvalue weighted by Gasteiger charge is 2.39. The first-order valence-corrected chi connectivity index (χ1v) is 8.73. The molecular weight excluding hydrogens is 264 g/mol. The quantitative estimate of drug-likeness (QED) is 0.562. The zero-order chi connectivity index (χ0) is 15.7. The van der Waals surface area contributed by atoms with Gasteiger partial charge in [-0.15, -0.1) is 0 Å². The van der Waals surface area contributed by atoms with Crippen LogP contribution in [0.5, 0.6) is 0 Å². The highest BCUT2D eigenvalue weighted by Crippen LogP contribution is 2.25. The Hall–Kier alpha value is -0.610. The number of carbonyl (C=O) groups excluding carboxylic acids is 1. The largest absolute Gasteiger partial charge is 0.465 e. The van der Waals surface area contributed by atoms with Gasteiger partial charge in [-0.2, -0.15) is 0 Å². The third-order valence-electron chi connectivity index (χ3n) is 4.25. The van der Waals surface area contributed by atoms with E-state index in [9.17, 15) is 4.79 Å². The lowest BCUT2D eigenvalue weighted by atomic mass is 9.95. The zero-order valence-corrected chi connectivity index (χ0v) is 14.4. The van der Waals surface area contributed by atoms with Crippen LogP contribution in [0, 0.1) is 0 Å². The molecule has 4 heteroatoms. The lowest BCUT2D eigenvalue weighted by Gasteiger charge is -2.30. The van der Waals surface area contributed by atoms with Crippen molar-refractivity contribution in [2.45, 2.75) is 77.8 Å². The molecule has 0 amide bonds. The zero-order valence-electron chi connectivity index (χ0n) is 14.4. The van der Waals surface area contributed by atoms with Gasteiger partial charge in [-0.05, 0) is 65.6 Å². The van der Waals surface area contributed by atoms with Crippen molar-refractivity contribution in [2.24, 2.45) is 0 Å². The van der Waals surface area contributed by atoms with Gasteiger partial charge in [0.1, 0.15) is 5.54 Å². The van der Waals surface area contributed by atoms with Gasteiger partial charge in [-0.25, -0.2) is 0 Å². The molecule has 4 nitrogen and oxygen atoms in total. The average molecular weight is 298 g/mol. The predicted octanol–water partition coefficient (Wildman–Crippen LogP) is 2.96. The standard InChI is InChI=1S/C17H34N2O2/c1-5-8-13-19(6-2)14-9-12-17(4,16(20)21-7-3)18-15-10-11-15/h15,18H,5-14H2,1-4H3. The molecule has 1 saturated carbocycles. The third-order valence-corrected chi connectivity index (χ3v) is 4.25. The smallest absolute Gasteiger partial charge is 0.326 e. The molecule has 1 N–H and O–H groups in total. The molecular formula is C17H34N2O2. The highest BCUT2D eigenvalue weighted by atomic mass is 16.5. The van der Waals surface area contributed by atoms with Crippen molar-refractivity contribution >= 4 is 5.97 Å². The lowest BCUT2D eigenvalue weighted by molar-refractivity contribution is -0.151. The molecule has 0 saturated heterocycles. The summed E-state index contributed by atoms with van der Waals surface area (Å²) in [4.78, 5) is 14.7. The van der Waals surface area contributed by atoms with Gasteiger partial charge in [0, 0.05) is 6.04 Å². The van der Waals surface area contributed by atoms with E-state index >= 15 is 0 Å². The van der Waals surface area contributed by atoms with Gasteiger partial charge in [-0.3, -0.25) is 10.1 Å². The summed E-state index contributed by atoms with van der Waals surface area (Å²) in [6.45, 7) is 12.1. The molecule has 1 aliphatic carbocycles. The van der Waals surface area contributed by atoms with E-state index in [1.54, 1.807) is 0 Å². The summed E-state index contributed by atoms with van der Waals surface area (Å²) in [5.74, 6) is -0.0893. The number of hydrogen-bond acceptors (Lipinski definition) is 4. The predicted molar refractivity (Wildman–Crippen MR) is 87.5 cm³/mol.